The molecule has 1 N–H and O–H groups in total. The molecule has 1 aliphatic carbocycles. The van der Waals surface area contributed by atoms with Crippen molar-refractivity contribution >= 4 is 0 Å². The molecule has 0 atom stereocenters. The highest BCUT2D eigenvalue weighted by Gasteiger charge is 2.33. The second kappa shape index (κ2) is 2.74. The van der Waals surface area contributed by atoms with Crippen LogP contribution in [0.2, 0.25) is 0 Å². The Labute approximate surface area is 74.8 Å². The normalized spacial score (nSPS) is 22.5. The van der Waals surface area contributed by atoms with Crippen LogP contribution in [0.15, 0.2) is 22.3 Å². The van der Waals surface area contributed by atoms with Gasteiger partial charge in [0.1, 0.15) is 0 Å². The molecule has 0 radical (unpaired) electrons. The Balaban J connectivity index is 3.23. The molecule has 0 aromatic heterocycles. The lowest BCUT2D eigenvalue weighted by Crippen LogP contribution is -2.16. The van der Waals surface area contributed by atoms with Gasteiger partial charge >= 0.3 is 0 Å². The van der Waals surface area contributed by atoms with Crippen molar-refractivity contribution in [2.45, 2.75) is 34.6 Å². The molecule has 1 nitrogen and oxygen atoms in total. The van der Waals surface area contributed by atoms with Crippen LogP contribution < -0.4 is 0 Å². The SMILES string of the molecule is CC1=C(C)C(C)(C)C(CO)=C1C. The van der Waals surface area contributed by atoms with E-state index in [0.717, 1.165) is 0 Å². The molecule has 1 aliphatic rings. The quantitative estimate of drug-likeness (QED) is 0.635. The second-order valence-corrected chi connectivity index (χ2v) is 4.14. The van der Waals surface area contributed by atoms with Crippen molar-refractivity contribution in [2.24, 2.45) is 5.41 Å². The molecule has 0 unspecified atom stereocenters. The molecular formula is C11H18O. The van der Waals surface area contributed by atoms with Crippen molar-refractivity contribution in [2.75, 3.05) is 6.61 Å². The van der Waals surface area contributed by atoms with Gasteiger partial charge in [-0.05, 0) is 37.5 Å². The predicted octanol–water partition coefficient (Wildman–Crippen LogP) is 2.67. The molecule has 0 amide bonds. The summed E-state index contributed by atoms with van der Waals surface area (Å²) in [4.78, 5) is 0. The van der Waals surface area contributed by atoms with Crippen LogP contribution in [0.3, 0.4) is 0 Å². The second-order valence-electron chi connectivity index (χ2n) is 4.14. The minimum absolute atomic E-state index is 0.0723. The van der Waals surface area contributed by atoms with Gasteiger partial charge in [0.05, 0.1) is 6.61 Å². The maximum Gasteiger partial charge on any atom is 0.0655 e. The van der Waals surface area contributed by atoms with Crippen LogP contribution >= 0.6 is 0 Å². The average Bonchev–Trinajstić information content (AvgIpc) is 2.13. The lowest BCUT2D eigenvalue weighted by molar-refractivity contribution is 0.302. The summed E-state index contributed by atoms with van der Waals surface area (Å²) in [5.41, 5.74) is 5.27. The largest absolute Gasteiger partial charge is 0.392 e. The highest BCUT2D eigenvalue weighted by atomic mass is 16.3. The first-order valence-electron chi connectivity index (χ1n) is 4.42. The van der Waals surface area contributed by atoms with E-state index < -0.39 is 0 Å². The van der Waals surface area contributed by atoms with Gasteiger partial charge in [-0.25, -0.2) is 0 Å². The van der Waals surface area contributed by atoms with E-state index in [4.69, 9.17) is 0 Å². The van der Waals surface area contributed by atoms with Gasteiger partial charge in [-0.1, -0.05) is 19.4 Å². The first-order valence-corrected chi connectivity index (χ1v) is 4.42. The summed E-state index contributed by atoms with van der Waals surface area (Å²) >= 11 is 0. The highest BCUT2D eigenvalue weighted by Crippen LogP contribution is 2.45. The van der Waals surface area contributed by atoms with Gasteiger partial charge in [-0.2, -0.15) is 0 Å². The van der Waals surface area contributed by atoms with Crippen molar-refractivity contribution in [3.63, 3.8) is 0 Å². The molecular weight excluding hydrogens is 148 g/mol. The molecule has 1 rings (SSSR count). The number of aliphatic hydroxyl groups is 1. The van der Waals surface area contributed by atoms with Crippen LogP contribution in [0.1, 0.15) is 34.6 Å². The summed E-state index contributed by atoms with van der Waals surface area (Å²) < 4.78 is 0. The van der Waals surface area contributed by atoms with Gasteiger partial charge in [0.15, 0.2) is 0 Å². The Bertz CT molecular complexity index is 267. The Morgan fingerprint density at radius 1 is 1.08 bits per heavy atom. The van der Waals surface area contributed by atoms with E-state index in [1.54, 1.807) is 0 Å². The van der Waals surface area contributed by atoms with E-state index in [1.165, 1.54) is 22.3 Å². The predicted molar refractivity (Wildman–Crippen MR) is 51.9 cm³/mol. The van der Waals surface area contributed by atoms with Gasteiger partial charge in [-0.3, -0.25) is 0 Å². The summed E-state index contributed by atoms with van der Waals surface area (Å²) in [6, 6.07) is 0. The molecule has 0 aliphatic heterocycles. The van der Waals surface area contributed by atoms with Crippen LogP contribution in [-0.2, 0) is 0 Å². The molecule has 0 fully saturated rings. The van der Waals surface area contributed by atoms with Crippen molar-refractivity contribution in [1.29, 1.82) is 0 Å². The van der Waals surface area contributed by atoms with Crippen LogP contribution in [0.5, 0.6) is 0 Å². The van der Waals surface area contributed by atoms with E-state index >= 15 is 0 Å². The number of hydrogen-bond acceptors (Lipinski definition) is 1. The van der Waals surface area contributed by atoms with Gasteiger partial charge in [0, 0.05) is 5.41 Å². The summed E-state index contributed by atoms with van der Waals surface area (Å²) in [5, 5.41) is 9.22. The lowest BCUT2D eigenvalue weighted by atomic mass is 9.81. The molecule has 0 bridgehead atoms. The third-order valence-electron chi connectivity index (χ3n) is 3.43. The fraction of sp³-hybridized carbons (Fsp3) is 0.636. The van der Waals surface area contributed by atoms with Crippen LogP contribution in [0.25, 0.3) is 0 Å². The smallest absolute Gasteiger partial charge is 0.0655 e. The zero-order valence-electron chi connectivity index (χ0n) is 8.65. The monoisotopic (exact) mass is 166 g/mol. The number of aliphatic hydroxyl groups excluding tert-OH is 1. The number of rotatable bonds is 1. The minimum Gasteiger partial charge on any atom is -0.392 e. The third kappa shape index (κ3) is 1.04. The summed E-state index contributed by atoms with van der Waals surface area (Å²) in [5.74, 6) is 0. The summed E-state index contributed by atoms with van der Waals surface area (Å²) in [6.07, 6.45) is 0. The fourth-order valence-corrected chi connectivity index (χ4v) is 1.99. The van der Waals surface area contributed by atoms with E-state index in [2.05, 4.69) is 34.6 Å². The molecule has 0 aromatic carbocycles. The Morgan fingerprint density at radius 2 is 1.58 bits per heavy atom. The molecule has 0 saturated heterocycles. The molecule has 0 aromatic rings. The minimum atomic E-state index is 0.0723. The van der Waals surface area contributed by atoms with Crippen LogP contribution in [0.4, 0.5) is 0 Å². The summed E-state index contributed by atoms with van der Waals surface area (Å²) in [7, 11) is 0. The van der Waals surface area contributed by atoms with Crippen molar-refractivity contribution < 1.29 is 5.11 Å². The van der Waals surface area contributed by atoms with Crippen molar-refractivity contribution in [1.82, 2.24) is 0 Å². The van der Waals surface area contributed by atoms with Crippen LogP contribution in [0, 0.1) is 5.41 Å². The molecule has 1 heteroatoms. The maximum atomic E-state index is 9.22. The van der Waals surface area contributed by atoms with Gasteiger partial charge < -0.3 is 5.11 Å². The number of hydrogen-bond donors (Lipinski definition) is 1. The molecule has 12 heavy (non-hydrogen) atoms. The average molecular weight is 166 g/mol. The van der Waals surface area contributed by atoms with Crippen molar-refractivity contribution in [3.05, 3.63) is 22.3 Å². The Morgan fingerprint density at radius 3 is 1.75 bits per heavy atom. The zero-order chi connectivity index (χ0) is 9.52. The van der Waals surface area contributed by atoms with Gasteiger partial charge in [-0.15, -0.1) is 0 Å². The van der Waals surface area contributed by atoms with E-state index in [-0.39, 0.29) is 12.0 Å². The Hall–Kier alpha value is -0.560. The fourth-order valence-electron chi connectivity index (χ4n) is 1.99. The standard InChI is InChI=1S/C11H18O/c1-7-8(2)10(6-12)11(4,5)9(7)3/h12H,6H2,1-5H3. The first kappa shape index (κ1) is 9.53. The third-order valence-corrected chi connectivity index (χ3v) is 3.43. The molecule has 0 heterocycles. The molecule has 0 saturated carbocycles. The van der Waals surface area contributed by atoms with E-state index in [0.29, 0.717) is 0 Å². The van der Waals surface area contributed by atoms with Crippen LogP contribution in [-0.4, -0.2) is 11.7 Å². The lowest BCUT2D eigenvalue weighted by Gasteiger charge is -2.24. The van der Waals surface area contributed by atoms with Crippen molar-refractivity contribution in [3.8, 4) is 0 Å². The van der Waals surface area contributed by atoms with Gasteiger partial charge in [0.25, 0.3) is 0 Å². The zero-order valence-corrected chi connectivity index (χ0v) is 8.65. The maximum absolute atomic E-state index is 9.22. The highest BCUT2D eigenvalue weighted by molar-refractivity contribution is 5.50. The van der Waals surface area contributed by atoms with E-state index in [9.17, 15) is 5.11 Å². The number of allylic oxidation sites excluding steroid dienone is 3. The Kier molecular flexibility index (Phi) is 2.17. The van der Waals surface area contributed by atoms with Gasteiger partial charge in [0.2, 0.25) is 0 Å². The topological polar surface area (TPSA) is 20.2 Å². The first-order chi connectivity index (χ1) is 5.42. The molecule has 0 spiro atoms. The summed E-state index contributed by atoms with van der Waals surface area (Å²) in [6.45, 7) is 10.9. The molecule has 68 valence electrons. The van der Waals surface area contributed by atoms with E-state index in [1.807, 2.05) is 0 Å².